The molecular weight excluding hydrogens is 208 g/mol. The van der Waals surface area contributed by atoms with Crippen LogP contribution in [0.25, 0.3) is 0 Å². The molecule has 0 saturated heterocycles. The Labute approximate surface area is 106 Å². The van der Waals surface area contributed by atoms with Gasteiger partial charge in [-0.2, -0.15) is 0 Å². The standard InChI is InChI=1S/C15H24N2/c1-9-11(2)14(15(5,6)7)17-13(4)12(3)10-16-8/h9-10H,4,8H2,1-3,5-7H3/b11-9-,12-10+,17-14?. The van der Waals surface area contributed by atoms with Crippen LogP contribution in [0.5, 0.6) is 0 Å². The van der Waals surface area contributed by atoms with Gasteiger partial charge in [0.1, 0.15) is 0 Å². The minimum atomic E-state index is 0.00141. The van der Waals surface area contributed by atoms with Gasteiger partial charge in [0.05, 0.1) is 5.70 Å². The van der Waals surface area contributed by atoms with Gasteiger partial charge in [0.2, 0.25) is 0 Å². The van der Waals surface area contributed by atoms with E-state index in [0.717, 1.165) is 17.0 Å². The van der Waals surface area contributed by atoms with Crippen molar-refractivity contribution < 1.29 is 0 Å². The van der Waals surface area contributed by atoms with Crippen molar-refractivity contribution in [2.24, 2.45) is 15.4 Å². The molecule has 94 valence electrons. The molecule has 0 rings (SSSR count). The normalized spacial score (nSPS) is 14.8. The van der Waals surface area contributed by atoms with Crippen molar-refractivity contribution in [1.29, 1.82) is 0 Å². The number of rotatable bonds is 4. The number of nitrogens with zero attached hydrogens (tertiary/aromatic N) is 2. The van der Waals surface area contributed by atoms with E-state index in [2.05, 4.69) is 57.1 Å². The zero-order valence-corrected chi connectivity index (χ0v) is 12.0. The Kier molecular flexibility index (Phi) is 5.80. The molecule has 2 heteroatoms. The monoisotopic (exact) mass is 232 g/mol. The third kappa shape index (κ3) is 4.94. The summed E-state index contributed by atoms with van der Waals surface area (Å²) in [6.45, 7) is 19.9. The van der Waals surface area contributed by atoms with Crippen LogP contribution in [0.3, 0.4) is 0 Å². The van der Waals surface area contributed by atoms with E-state index in [0.29, 0.717) is 0 Å². The Morgan fingerprint density at radius 1 is 1.12 bits per heavy atom. The summed E-state index contributed by atoms with van der Waals surface area (Å²) in [7, 11) is 0. The topological polar surface area (TPSA) is 24.7 Å². The second-order valence-electron chi connectivity index (χ2n) is 5.12. The molecule has 0 aliphatic rings. The molecule has 0 bridgehead atoms. The summed E-state index contributed by atoms with van der Waals surface area (Å²) in [6.07, 6.45) is 3.75. The summed E-state index contributed by atoms with van der Waals surface area (Å²) in [4.78, 5) is 8.37. The van der Waals surface area contributed by atoms with E-state index in [1.165, 1.54) is 5.57 Å². The van der Waals surface area contributed by atoms with E-state index < -0.39 is 0 Å². The van der Waals surface area contributed by atoms with Crippen molar-refractivity contribution in [2.45, 2.75) is 41.5 Å². The number of hydrogen-bond acceptors (Lipinski definition) is 2. The lowest BCUT2D eigenvalue weighted by molar-refractivity contribution is 0.590. The van der Waals surface area contributed by atoms with E-state index in [4.69, 9.17) is 0 Å². The Morgan fingerprint density at radius 2 is 1.65 bits per heavy atom. The van der Waals surface area contributed by atoms with Gasteiger partial charge in [-0.3, -0.25) is 9.98 Å². The van der Waals surface area contributed by atoms with E-state index in [1.807, 2.05) is 13.8 Å². The zero-order valence-electron chi connectivity index (χ0n) is 12.0. The Bertz CT molecular complexity index is 388. The van der Waals surface area contributed by atoms with Gasteiger partial charge in [0, 0.05) is 17.3 Å². The van der Waals surface area contributed by atoms with Gasteiger partial charge in [-0.05, 0) is 38.6 Å². The molecule has 0 aromatic rings. The highest BCUT2D eigenvalue weighted by molar-refractivity contribution is 6.03. The maximum Gasteiger partial charge on any atom is 0.0606 e. The minimum Gasteiger partial charge on any atom is -0.272 e. The largest absolute Gasteiger partial charge is 0.272 e. The van der Waals surface area contributed by atoms with Crippen LogP contribution in [0.15, 0.2) is 45.7 Å². The molecule has 2 nitrogen and oxygen atoms in total. The van der Waals surface area contributed by atoms with Crippen molar-refractivity contribution >= 4 is 12.4 Å². The summed E-state index contributed by atoms with van der Waals surface area (Å²) < 4.78 is 0. The molecular formula is C15H24N2. The predicted octanol–water partition coefficient (Wildman–Crippen LogP) is 4.56. The molecule has 0 spiro atoms. The molecule has 0 aromatic carbocycles. The van der Waals surface area contributed by atoms with Crippen LogP contribution < -0.4 is 0 Å². The lowest BCUT2D eigenvalue weighted by atomic mass is 9.85. The summed E-state index contributed by atoms with van der Waals surface area (Å²) in [5, 5.41) is 0. The summed E-state index contributed by atoms with van der Waals surface area (Å²) >= 11 is 0. The molecule has 0 N–H and O–H groups in total. The van der Waals surface area contributed by atoms with E-state index in [9.17, 15) is 0 Å². The number of hydrogen-bond donors (Lipinski definition) is 0. The lowest BCUT2D eigenvalue weighted by Gasteiger charge is -2.22. The molecule has 17 heavy (non-hydrogen) atoms. The molecule has 0 aliphatic heterocycles. The lowest BCUT2D eigenvalue weighted by Crippen LogP contribution is -2.21. The van der Waals surface area contributed by atoms with E-state index >= 15 is 0 Å². The van der Waals surface area contributed by atoms with Crippen LogP contribution in [-0.4, -0.2) is 12.4 Å². The Balaban J connectivity index is 5.43. The molecule has 0 fully saturated rings. The highest BCUT2D eigenvalue weighted by Gasteiger charge is 2.20. The fourth-order valence-corrected chi connectivity index (χ4v) is 1.42. The van der Waals surface area contributed by atoms with Crippen LogP contribution in [0.2, 0.25) is 0 Å². The van der Waals surface area contributed by atoms with Crippen molar-refractivity contribution in [3.63, 3.8) is 0 Å². The van der Waals surface area contributed by atoms with Gasteiger partial charge >= 0.3 is 0 Å². The maximum absolute atomic E-state index is 4.63. The quantitative estimate of drug-likeness (QED) is 0.501. The fraction of sp³-hybridized carbons (Fsp3) is 0.467. The molecule has 0 saturated carbocycles. The van der Waals surface area contributed by atoms with Crippen LogP contribution >= 0.6 is 0 Å². The van der Waals surface area contributed by atoms with Crippen molar-refractivity contribution in [2.75, 3.05) is 0 Å². The highest BCUT2D eigenvalue weighted by Crippen LogP contribution is 2.24. The first-order valence-corrected chi connectivity index (χ1v) is 5.78. The van der Waals surface area contributed by atoms with Gasteiger partial charge in [-0.1, -0.05) is 33.4 Å². The van der Waals surface area contributed by atoms with Crippen molar-refractivity contribution in [3.8, 4) is 0 Å². The molecule has 0 aromatic heterocycles. The Hall–Kier alpha value is -1.44. The van der Waals surface area contributed by atoms with E-state index in [-0.39, 0.29) is 5.41 Å². The van der Waals surface area contributed by atoms with Crippen molar-refractivity contribution in [3.05, 3.63) is 35.7 Å². The smallest absolute Gasteiger partial charge is 0.0606 e. The second-order valence-corrected chi connectivity index (χ2v) is 5.12. The maximum atomic E-state index is 4.63. The van der Waals surface area contributed by atoms with E-state index in [1.54, 1.807) is 6.20 Å². The van der Waals surface area contributed by atoms with Crippen LogP contribution in [0.1, 0.15) is 41.5 Å². The molecule has 0 unspecified atom stereocenters. The number of allylic oxidation sites excluding steroid dienone is 3. The average molecular weight is 232 g/mol. The van der Waals surface area contributed by atoms with Gasteiger partial charge in [-0.25, -0.2) is 0 Å². The van der Waals surface area contributed by atoms with Crippen LogP contribution in [0.4, 0.5) is 0 Å². The predicted molar refractivity (Wildman–Crippen MR) is 78.8 cm³/mol. The van der Waals surface area contributed by atoms with Gasteiger partial charge in [0.25, 0.3) is 0 Å². The summed E-state index contributed by atoms with van der Waals surface area (Å²) in [5.41, 5.74) is 3.91. The minimum absolute atomic E-state index is 0.00141. The third-order valence-electron chi connectivity index (χ3n) is 2.50. The third-order valence-corrected chi connectivity index (χ3v) is 2.50. The molecule has 0 radical (unpaired) electrons. The molecule has 0 aliphatic carbocycles. The molecule has 0 heterocycles. The fourth-order valence-electron chi connectivity index (χ4n) is 1.42. The summed E-state index contributed by atoms with van der Waals surface area (Å²) in [5.74, 6) is 0. The molecule has 0 atom stereocenters. The summed E-state index contributed by atoms with van der Waals surface area (Å²) in [6, 6.07) is 0. The SMILES string of the molecule is C=N/C=C(\C)C(=C)N=C(/C(C)=C\C)C(C)(C)C. The van der Waals surface area contributed by atoms with Gasteiger partial charge in [0.15, 0.2) is 0 Å². The number of aliphatic imine (C=N–C) groups is 2. The van der Waals surface area contributed by atoms with Gasteiger partial charge < -0.3 is 0 Å². The molecule has 0 amide bonds. The van der Waals surface area contributed by atoms with Crippen LogP contribution in [0, 0.1) is 5.41 Å². The first kappa shape index (κ1) is 15.6. The Morgan fingerprint density at radius 3 is 2.00 bits per heavy atom. The first-order valence-electron chi connectivity index (χ1n) is 5.78. The zero-order chi connectivity index (χ0) is 13.6. The van der Waals surface area contributed by atoms with Crippen LogP contribution in [-0.2, 0) is 0 Å². The highest BCUT2D eigenvalue weighted by atomic mass is 14.8. The van der Waals surface area contributed by atoms with Crippen molar-refractivity contribution in [1.82, 2.24) is 0 Å². The average Bonchev–Trinajstić information content (AvgIpc) is 2.23. The van der Waals surface area contributed by atoms with Gasteiger partial charge in [-0.15, -0.1) is 0 Å². The second kappa shape index (κ2) is 6.33. The first-order chi connectivity index (χ1) is 7.73.